The molecule has 1 aliphatic rings. The summed E-state index contributed by atoms with van der Waals surface area (Å²) in [6, 6.07) is 8.32. The number of nitrogens with one attached hydrogen (secondary N) is 3. The van der Waals surface area contributed by atoms with Crippen molar-refractivity contribution in [2.24, 2.45) is 0 Å². The number of rotatable bonds is 6. The van der Waals surface area contributed by atoms with E-state index < -0.39 is 11.7 Å². The number of nitrogens with two attached hydrogens (primary N) is 1. The predicted molar refractivity (Wildman–Crippen MR) is 104 cm³/mol. The number of hydrogen-bond acceptors (Lipinski definition) is 6. The Morgan fingerprint density at radius 2 is 1.76 bits per heavy atom. The minimum Gasteiger partial charge on any atom is -0.368 e. The third-order valence-corrected chi connectivity index (χ3v) is 4.72. The predicted octanol–water partition coefficient (Wildman–Crippen LogP) is 4.59. The molecule has 1 atom stereocenters. The highest BCUT2D eigenvalue weighted by Gasteiger charge is 2.30. The first-order chi connectivity index (χ1) is 13.8. The summed E-state index contributed by atoms with van der Waals surface area (Å²) in [5, 5.41) is 13.4. The first-order valence-electron chi connectivity index (χ1n) is 9.18. The Hall–Kier alpha value is -3.30. The number of aromatic nitrogens is 4. The number of nitrogen functional groups attached to an aromatic ring is 1. The van der Waals surface area contributed by atoms with Crippen molar-refractivity contribution >= 4 is 23.4 Å². The van der Waals surface area contributed by atoms with Crippen molar-refractivity contribution in [1.82, 2.24) is 20.2 Å². The molecule has 1 aliphatic carbocycles. The maximum Gasteiger partial charge on any atom is 0.416 e. The van der Waals surface area contributed by atoms with E-state index in [0.717, 1.165) is 30.7 Å². The van der Waals surface area contributed by atoms with Crippen LogP contribution in [-0.4, -0.2) is 20.2 Å². The molecule has 4 rings (SSSR count). The van der Waals surface area contributed by atoms with Gasteiger partial charge in [0.25, 0.3) is 0 Å². The van der Waals surface area contributed by atoms with Gasteiger partial charge in [-0.2, -0.15) is 28.2 Å². The first kappa shape index (κ1) is 19.0. The summed E-state index contributed by atoms with van der Waals surface area (Å²) in [6.07, 6.45) is -2.03. The highest BCUT2D eigenvalue weighted by molar-refractivity contribution is 5.59. The Bertz CT molecular complexity index is 994. The lowest BCUT2D eigenvalue weighted by Gasteiger charge is -2.17. The standard InChI is InChI=1S/C19H20F3N7/c1-10(11-4-6-13(7-5-11)19(20,21)22)24-15-9-16(27-18(23)26-15)25-17-8-14(28-29-17)12-2-3-12/h4-10,12H,2-3H2,1H3,(H5,23,24,25,26,27,28,29). The van der Waals surface area contributed by atoms with Gasteiger partial charge in [0.2, 0.25) is 5.95 Å². The van der Waals surface area contributed by atoms with Crippen molar-refractivity contribution in [2.45, 2.75) is 37.9 Å². The van der Waals surface area contributed by atoms with E-state index in [9.17, 15) is 13.2 Å². The average Bonchev–Trinajstić information content (AvgIpc) is 3.40. The number of alkyl halides is 3. The van der Waals surface area contributed by atoms with Crippen LogP contribution in [0.4, 0.5) is 36.6 Å². The number of nitrogens with zero attached hydrogens (tertiary/aromatic N) is 3. The summed E-state index contributed by atoms with van der Waals surface area (Å²) in [6.45, 7) is 1.82. The number of benzene rings is 1. The zero-order valence-corrected chi connectivity index (χ0v) is 15.6. The van der Waals surface area contributed by atoms with Crippen molar-refractivity contribution in [1.29, 1.82) is 0 Å². The molecule has 10 heteroatoms. The quantitative estimate of drug-likeness (QED) is 0.480. The molecule has 5 N–H and O–H groups in total. The second kappa shape index (κ2) is 7.26. The lowest BCUT2D eigenvalue weighted by atomic mass is 10.1. The molecule has 0 bridgehead atoms. The van der Waals surface area contributed by atoms with Crippen molar-refractivity contribution in [3.05, 3.63) is 53.2 Å². The third-order valence-electron chi connectivity index (χ3n) is 4.72. The van der Waals surface area contributed by atoms with Gasteiger partial charge in [-0.25, -0.2) is 0 Å². The number of halogens is 3. The molecule has 0 saturated heterocycles. The number of hydrogen-bond donors (Lipinski definition) is 4. The summed E-state index contributed by atoms with van der Waals surface area (Å²) < 4.78 is 38.2. The van der Waals surface area contributed by atoms with Crippen LogP contribution in [0.25, 0.3) is 0 Å². The second-order valence-electron chi connectivity index (χ2n) is 7.09. The van der Waals surface area contributed by atoms with E-state index in [-0.39, 0.29) is 12.0 Å². The Kier molecular flexibility index (Phi) is 4.77. The number of aromatic amines is 1. The fourth-order valence-corrected chi connectivity index (χ4v) is 3.01. The first-order valence-corrected chi connectivity index (χ1v) is 9.18. The highest BCUT2D eigenvalue weighted by atomic mass is 19.4. The molecule has 0 aliphatic heterocycles. The van der Waals surface area contributed by atoms with E-state index in [1.807, 2.05) is 13.0 Å². The van der Waals surface area contributed by atoms with Crippen LogP contribution >= 0.6 is 0 Å². The smallest absolute Gasteiger partial charge is 0.368 e. The van der Waals surface area contributed by atoms with Crippen LogP contribution in [0.5, 0.6) is 0 Å². The molecule has 1 aromatic carbocycles. The largest absolute Gasteiger partial charge is 0.416 e. The summed E-state index contributed by atoms with van der Waals surface area (Å²) in [5.41, 5.74) is 6.89. The molecule has 1 fully saturated rings. The zero-order chi connectivity index (χ0) is 20.6. The number of anilines is 4. The lowest BCUT2D eigenvalue weighted by Crippen LogP contribution is -2.11. The highest BCUT2D eigenvalue weighted by Crippen LogP contribution is 2.39. The van der Waals surface area contributed by atoms with Crippen LogP contribution in [0.1, 0.15) is 48.5 Å². The molecule has 2 aromatic heterocycles. The summed E-state index contributed by atoms with van der Waals surface area (Å²) >= 11 is 0. The molecule has 2 heterocycles. The molecular weight excluding hydrogens is 383 g/mol. The molecule has 152 valence electrons. The van der Waals surface area contributed by atoms with Gasteiger partial charge in [0, 0.05) is 29.8 Å². The fraction of sp³-hybridized carbons (Fsp3) is 0.316. The van der Waals surface area contributed by atoms with Crippen LogP contribution in [-0.2, 0) is 6.18 Å². The third kappa shape index (κ3) is 4.58. The van der Waals surface area contributed by atoms with Gasteiger partial charge in [0.05, 0.1) is 5.56 Å². The van der Waals surface area contributed by atoms with E-state index in [2.05, 4.69) is 30.8 Å². The van der Waals surface area contributed by atoms with E-state index in [1.54, 1.807) is 6.07 Å². The van der Waals surface area contributed by atoms with Crippen LogP contribution in [0.3, 0.4) is 0 Å². The Morgan fingerprint density at radius 1 is 1.07 bits per heavy atom. The van der Waals surface area contributed by atoms with Crippen molar-refractivity contribution in [3.8, 4) is 0 Å². The monoisotopic (exact) mass is 403 g/mol. The molecule has 3 aromatic rings. The molecular formula is C19H20F3N7. The average molecular weight is 403 g/mol. The van der Waals surface area contributed by atoms with Gasteiger partial charge < -0.3 is 16.4 Å². The van der Waals surface area contributed by atoms with E-state index in [4.69, 9.17) is 5.73 Å². The molecule has 1 saturated carbocycles. The maximum absolute atomic E-state index is 12.7. The van der Waals surface area contributed by atoms with E-state index in [1.165, 1.54) is 12.1 Å². The summed E-state index contributed by atoms with van der Waals surface area (Å²) in [4.78, 5) is 8.30. The van der Waals surface area contributed by atoms with Crippen LogP contribution in [0.2, 0.25) is 0 Å². The van der Waals surface area contributed by atoms with Gasteiger partial charge in [-0.15, -0.1) is 0 Å². The van der Waals surface area contributed by atoms with Crippen molar-refractivity contribution in [3.63, 3.8) is 0 Å². The van der Waals surface area contributed by atoms with Gasteiger partial charge in [0.15, 0.2) is 5.82 Å². The van der Waals surface area contributed by atoms with Gasteiger partial charge >= 0.3 is 6.18 Å². The minimum atomic E-state index is -4.36. The lowest BCUT2D eigenvalue weighted by molar-refractivity contribution is -0.137. The van der Waals surface area contributed by atoms with Crippen LogP contribution in [0, 0.1) is 0 Å². The Balaban J connectivity index is 1.46. The molecule has 29 heavy (non-hydrogen) atoms. The SMILES string of the molecule is CC(Nc1cc(Nc2cc(C3CC3)[nH]n2)nc(N)n1)c1ccc(C(F)(F)F)cc1. The van der Waals surface area contributed by atoms with E-state index in [0.29, 0.717) is 28.9 Å². The molecule has 1 unspecified atom stereocenters. The maximum atomic E-state index is 12.7. The summed E-state index contributed by atoms with van der Waals surface area (Å²) in [5.74, 6) is 2.16. The Morgan fingerprint density at radius 3 is 2.41 bits per heavy atom. The van der Waals surface area contributed by atoms with Crippen LogP contribution in [0.15, 0.2) is 36.4 Å². The van der Waals surface area contributed by atoms with Gasteiger partial charge in [-0.05, 0) is 37.5 Å². The van der Waals surface area contributed by atoms with Crippen LogP contribution < -0.4 is 16.4 Å². The van der Waals surface area contributed by atoms with Crippen molar-refractivity contribution < 1.29 is 13.2 Å². The normalized spacial score (nSPS) is 15.2. The second-order valence-corrected chi connectivity index (χ2v) is 7.09. The molecule has 0 amide bonds. The van der Waals surface area contributed by atoms with Gasteiger partial charge in [-0.1, -0.05) is 12.1 Å². The molecule has 7 nitrogen and oxygen atoms in total. The topological polar surface area (TPSA) is 105 Å². The minimum absolute atomic E-state index is 0.0649. The molecule has 0 spiro atoms. The summed E-state index contributed by atoms with van der Waals surface area (Å²) in [7, 11) is 0. The fourth-order valence-electron chi connectivity index (χ4n) is 3.01. The Labute approximate surface area is 165 Å². The number of H-pyrrole nitrogens is 1. The van der Waals surface area contributed by atoms with Gasteiger partial charge in [0.1, 0.15) is 11.6 Å². The van der Waals surface area contributed by atoms with Gasteiger partial charge in [-0.3, -0.25) is 5.10 Å². The zero-order valence-electron chi connectivity index (χ0n) is 15.6. The molecule has 0 radical (unpaired) electrons. The van der Waals surface area contributed by atoms with E-state index >= 15 is 0 Å². The van der Waals surface area contributed by atoms with Crippen molar-refractivity contribution in [2.75, 3.05) is 16.4 Å².